The lowest BCUT2D eigenvalue weighted by Gasteiger charge is -2.43. The van der Waals surface area contributed by atoms with Crippen molar-refractivity contribution in [2.45, 2.75) is 45.8 Å². The molecule has 2 aromatic carbocycles. The molecule has 1 N–H and O–H groups in total. The molecule has 0 saturated heterocycles. The van der Waals surface area contributed by atoms with Gasteiger partial charge in [0, 0.05) is 30.1 Å². The second-order valence-electron chi connectivity index (χ2n) is 8.13. The van der Waals surface area contributed by atoms with Crippen molar-refractivity contribution < 1.29 is 24.2 Å². The Balaban J connectivity index is 2.14. The Morgan fingerprint density at radius 1 is 1.13 bits per heavy atom. The maximum absolute atomic E-state index is 13.1. The normalized spacial score (nSPS) is 17.8. The van der Waals surface area contributed by atoms with E-state index >= 15 is 0 Å². The molecule has 7 nitrogen and oxygen atoms in total. The van der Waals surface area contributed by atoms with Crippen LogP contribution in [0, 0.1) is 5.92 Å². The Bertz CT molecular complexity index is 944. The fraction of sp³-hybridized carbons (Fsp3) is 0.417. The summed E-state index contributed by atoms with van der Waals surface area (Å²) >= 11 is 0. The molecular formula is C24H30N2O5. The highest BCUT2D eigenvalue weighted by Crippen LogP contribution is 2.46. The highest BCUT2D eigenvalue weighted by molar-refractivity contribution is 5.97. The number of nitrogens with zero attached hydrogens (tertiary/aromatic N) is 2. The first kappa shape index (κ1) is 22.5. The van der Waals surface area contributed by atoms with Gasteiger partial charge in [-0.3, -0.25) is 9.69 Å². The molecule has 0 aliphatic carbocycles. The Morgan fingerprint density at radius 2 is 1.74 bits per heavy atom. The molecule has 0 radical (unpaired) electrons. The first-order chi connectivity index (χ1) is 14.8. The smallest absolute Gasteiger partial charge is 0.408 e. The summed E-state index contributed by atoms with van der Waals surface area (Å²) in [7, 11) is 3.09. The monoisotopic (exact) mass is 426 g/mol. The molecule has 2 amide bonds. The fourth-order valence-electron chi connectivity index (χ4n) is 4.15. The number of fused-ring (bicyclic) bond motifs is 1. The summed E-state index contributed by atoms with van der Waals surface area (Å²) in [5.41, 5.74) is 2.31. The van der Waals surface area contributed by atoms with Crippen molar-refractivity contribution in [1.29, 1.82) is 0 Å². The van der Waals surface area contributed by atoms with Crippen molar-refractivity contribution in [2.24, 2.45) is 5.92 Å². The third kappa shape index (κ3) is 4.45. The zero-order chi connectivity index (χ0) is 22.7. The quantitative estimate of drug-likeness (QED) is 0.724. The molecule has 1 aliphatic rings. The highest BCUT2D eigenvalue weighted by Gasteiger charge is 2.39. The number of carbonyl (C=O) groups is 2. The van der Waals surface area contributed by atoms with Gasteiger partial charge in [-0.2, -0.15) is 0 Å². The summed E-state index contributed by atoms with van der Waals surface area (Å²) in [6.45, 7) is 5.93. The largest absolute Gasteiger partial charge is 0.493 e. The molecule has 2 unspecified atom stereocenters. The van der Waals surface area contributed by atoms with Gasteiger partial charge in [0.2, 0.25) is 5.91 Å². The van der Waals surface area contributed by atoms with E-state index in [4.69, 9.17) is 9.47 Å². The van der Waals surface area contributed by atoms with Gasteiger partial charge in [-0.25, -0.2) is 4.79 Å². The van der Waals surface area contributed by atoms with E-state index in [1.54, 1.807) is 31.3 Å². The van der Waals surface area contributed by atoms with Gasteiger partial charge >= 0.3 is 6.09 Å². The van der Waals surface area contributed by atoms with Crippen LogP contribution in [0.1, 0.15) is 44.4 Å². The van der Waals surface area contributed by atoms with Crippen molar-refractivity contribution in [2.75, 3.05) is 19.1 Å². The lowest BCUT2D eigenvalue weighted by molar-refractivity contribution is -0.122. The Hall–Kier alpha value is -3.22. The molecule has 0 bridgehead atoms. The van der Waals surface area contributed by atoms with Crippen molar-refractivity contribution in [3.05, 3.63) is 53.6 Å². The number of benzene rings is 2. The molecule has 0 fully saturated rings. The molecular weight excluding hydrogens is 396 g/mol. The van der Waals surface area contributed by atoms with E-state index in [2.05, 4.69) is 0 Å². The van der Waals surface area contributed by atoms with Crippen LogP contribution in [0.2, 0.25) is 0 Å². The second-order valence-corrected chi connectivity index (χ2v) is 8.13. The molecule has 7 heteroatoms. The molecule has 1 aliphatic heterocycles. The maximum atomic E-state index is 13.1. The van der Waals surface area contributed by atoms with Crippen LogP contribution < -0.4 is 14.4 Å². The molecule has 1 heterocycles. The van der Waals surface area contributed by atoms with E-state index in [0.717, 1.165) is 11.1 Å². The molecule has 166 valence electrons. The minimum absolute atomic E-state index is 0.00986. The van der Waals surface area contributed by atoms with Gasteiger partial charge in [0.25, 0.3) is 0 Å². The van der Waals surface area contributed by atoms with Crippen molar-refractivity contribution >= 4 is 17.7 Å². The van der Waals surface area contributed by atoms with Crippen LogP contribution in [0.4, 0.5) is 10.5 Å². The molecule has 0 saturated carbocycles. The zero-order valence-corrected chi connectivity index (χ0v) is 18.7. The summed E-state index contributed by atoms with van der Waals surface area (Å²) in [6, 6.07) is 12.5. The summed E-state index contributed by atoms with van der Waals surface area (Å²) in [5.74, 6) is 0.799. The Kier molecular flexibility index (Phi) is 6.73. The number of methoxy groups -OCH3 is 2. The van der Waals surface area contributed by atoms with E-state index in [1.165, 1.54) is 4.90 Å². The predicted molar refractivity (Wildman–Crippen MR) is 119 cm³/mol. The van der Waals surface area contributed by atoms with Crippen LogP contribution in [0.3, 0.4) is 0 Å². The average Bonchev–Trinajstić information content (AvgIpc) is 2.76. The van der Waals surface area contributed by atoms with E-state index in [9.17, 15) is 14.7 Å². The van der Waals surface area contributed by atoms with Crippen LogP contribution in [-0.4, -0.2) is 42.3 Å². The first-order valence-electron chi connectivity index (χ1n) is 10.4. The van der Waals surface area contributed by atoms with Gasteiger partial charge in [0.05, 0.1) is 25.9 Å². The van der Waals surface area contributed by atoms with E-state index in [1.807, 2.05) is 51.1 Å². The number of carboxylic acid groups (broad SMARTS) is 1. The Morgan fingerprint density at radius 3 is 2.29 bits per heavy atom. The fourth-order valence-corrected chi connectivity index (χ4v) is 4.15. The molecule has 31 heavy (non-hydrogen) atoms. The topological polar surface area (TPSA) is 79.3 Å². The SMILES string of the molecule is COc1cc2c(cc1OC)N(C(=O)C(C)C)C(C)CC2N(Cc1ccccc1)C(=O)O. The van der Waals surface area contributed by atoms with Crippen LogP contribution in [-0.2, 0) is 11.3 Å². The van der Waals surface area contributed by atoms with Crippen LogP contribution in [0.5, 0.6) is 11.5 Å². The molecule has 2 aromatic rings. The number of hydrogen-bond acceptors (Lipinski definition) is 4. The van der Waals surface area contributed by atoms with Crippen LogP contribution in [0.15, 0.2) is 42.5 Å². The maximum Gasteiger partial charge on any atom is 0.408 e. The van der Waals surface area contributed by atoms with E-state index in [0.29, 0.717) is 23.6 Å². The molecule has 3 rings (SSSR count). The van der Waals surface area contributed by atoms with Gasteiger partial charge in [0.1, 0.15) is 0 Å². The minimum atomic E-state index is -1.01. The number of carbonyl (C=O) groups excluding carboxylic acids is 1. The summed E-state index contributed by atoms with van der Waals surface area (Å²) in [5, 5.41) is 10.1. The Labute approximate surface area is 183 Å². The number of ether oxygens (including phenoxy) is 2. The second kappa shape index (κ2) is 9.29. The lowest BCUT2D eigenvalue weighted by Crippen LogP contribution is -2.48. The van der Waals surface area contributed by atoms with Crippen molar-refractivity contribution in [3.63, 3.8) is 0 Å². The van der Waals surface area contributed by atoms with E-state index in [-0.39, 0.29) is 24.4 Å². The van der Waals surface area contributed by atoms with Crippen molar-refractivity contribution in [3.8, 4) is 11.5 Å². The third-order valence-corrected chi connectivity index (χ3v) is 5.71. The van der Waals surface area contributed by atoms with Gasteiger partial charge in [-0.15, -0.1) is 0 Å². The summed E-state index contributed by atoms with van der Waals surface area (Å²) < 4.78 is 11.0. The van der Waals surface area contributed by atoms with Gasteiger partial charge in [-0.05, 0) is 25.0 Å². The number of hydrogen-bond donors (Lipinski definition) is 1. The van der Waals surface area contributed by atoms with Crippen LogP contribution >= 0.6 is 0 Å². The van der Waals surface area contributed by atoms with Gasteiger partial charge in [0.15, 0.2) is 11.5 Å². The predicted octanol–water partition coefficient (Wildman–Crippen LogP) is 4.71. The van der Waals surface area contributed by atoms with E-state index < -0.39 is 12.1 Å². The zero-order valence-electron chi connectivity index (χ0n) is 18.7. The number of amides is 2. The lowest BCUT2D eigenvalue weighted by atomic mass is 9.89. The average molecular weight is 427 g/mol. The summed E-state index contributed by atoms with van der Waals surface area (Å²) in [6.07, 6.45) is -0.523. The standard InChI is InChI=1S/C24H30N2O5/c1-15(2)23(27)26-16(3)11-19(18-12-21(30-4)22(31-5)13-20(18)26)25(24(28)29)14-17-9-7-6-8-10-17/h6-10,12-13,15-16,19H,11,14H2,1-5H3,(H,28,29). The highest BCUT2D eigenvalue weighted by atomic mass is 16.5. The molecule has 0 aromatic heterocycles. The first-order valence-corrected chi connectivity index (χ1v) is 10.4. The number of rotatable bonds is 6. The number of anilines is 1. The molecule has 2 atom stereocenters. The minimum Gasteiger partial charge on any atom is -0.493 e. The molecule has 0 spiro atoms. The van der Waals surface area contributed by atoms with Gasteiger partial charge < -0.3 is 19.5 Å². The van der Waals surface area contributed by atoms with Gasteiger partial charge in [-0.1, -0.05) is 44.2 Å². The van der Waals surface area contributed by atoms with Crippen molar-refractivity contribution in [1.82, 2.24) is 4.90 Å². The summed E-state index contributed by atoms with van der Waals surface area (Å²) in [4.78, 5) is 28.6. The third-order valence-electron chi connectivity index (χ3n) is 5.71. The van der Waals surface area contributed by atoms with Crippen LogP contribution in [0.25, 0.3) is 0 Å².